The second-order valence-electron chi connectivity index (χ2n) is 9.43. The van der Waals surface area contributed by atoms with Gasteiger partial charge < -0.3 is 30.4 Å². The number of nitrogens with one attached hydrogen (secondary N) is 3. The van der Waals surface area contributed by atoms with Gasteiger partial charge in [0.25, 0.3) is 0 Å². The summed E-state index contributed by atoms with van der Waals surface area (Å²) in [6.45, 7) is 6.04. The SMILES string of the molecule is CNc1nc2c(c(NC)c(NC)n2Cc2cncs2)c(-c2ccc(Cl)cc2)c1[C@H](OC(C)(C)C)C(=O)O. The predicted molar refractivity (Wildman–Crippen MR) is 151 cm³/mol. The van der Waals surface area contributed by atoms with E-state index in [2.05, 4.69) is 25.5 Å². The van der Waals surface area contributed by atoms with E-state index in [-0.39, 0.29) is 0 Å². The molecule has 1 atom stereocenters. The van der Waals surface area contributed by atoms with Crippen LogP contribution in [0.5, 0.6) is 0 Å². The molecule has 3 heterocycles. The molecule has 0 bridgehead atoms. The van der Waals surface area contributed by atoms with Crippen LogP contribution in [0.1, 0.15) is 37.3 Å². The fourth-order valence-electron chi connectivity index (χ4n) is 4.46. The number of carbonyl (C=O) groups is 1. The maximum absolute atomic E-state index is 12.7. The number of carboxylic acids is 1. The minimum atomic E-state index is -1.28. The van der Waals surface area contributed by atoms with E-state index in [4.69, 9.17) is 21.3 Å². The molecule has 0 aliphatic carbocycles. The van der Waals surface area contributed by atoms with Crippen LogP contribution in [0.2, 0.25) is 5.02 Å². The Morgan fingerprint density at radius 2 is 1.86 bits per heavy atom. The number of ether oxygens (including phenoxy) is 1. The van der Waals surface area contributed by atoms with Crippen LogP contribution in [0.25, 0.3) is 22.2 Å². The molecule has 4 rings (SSSR count). The Bertz CT molecular complexity index is 1410. The Kier molecular flexibility index (Phi) is 7.63. The summed E-state index contributed by atoms with van der Waals surface area (Å²) in [7, 11) is 5.42. The molecule has 11 heteroatoms. The number of nitrogens with zero attached hydrogens (tertiary/aromatic N) is 3. The van der Waals surface area contributed by atoms with Crippen LogP contribution in [0.4, 0.5) is 17.3 Å². The summed E-state index contributed by atoms with van der Waals surface area (Å²) >= 11 is 7.79. The van der Waals surface area contributed by atoms with Gasteiger partial charge in [-0.15, -0.1) is 11.3 Å². The molecule has 4 N–H and O–H groups in total. The van der Waals surface area contributed by atoms with E-state index in [0.717, 1.165) is 27.3 Å². The van der Waals surface area contributed by atoms with E-state index >= 15 is 0 Å². The van der Waals surface area contributed by atoms with Gasteiger partial charge in [-0.25, -0.2) is 9.78 Å². The highest BCUT2D eigenvalue weighted by Crippen LogP contribution is 2.47. The van der Waals surface area contributed by atoms with Gasteiger partial charge in [0.05, 0.1) is 28.7 Å². The number of aromatic nitrogens is 3. The van der Waals surface area contributed by atoms with Crippen molar-refractivity contribution in [3.05, 3.63) is 51.4 Å². The van der Waals surface area contributed by atoms with Gasteiger partial charge >= 0.3 is 5.97 Å². The Balaban J connectivity index is 2.18. The summed E-state index contributed by atoms with van der Waals surface area (Å²) < 4.78 is 8.20. The topological polar surface area (TPSA) is 113 Å². The monoisotopic (exact) mass is 542 g/mol. The van der Waals surface area contributed by atoms with Crippen molar-refractivity contribution in [3.8, 4) is 11.1 Å². The number of anilines is 3. The number of halogens is 1. The van der Waals surface area contributed by atoms with Gasteiger partial charge in [-0.1, -0.05) is 23.7 Å². The average molecular weight is 543 g/mol. The Labute approximate surface area is 224 Å². The third-order valence-electron chi connectivity index (χ3n) is 5.84. The van der Waals surface area contributed by atoms with Crippen molar-refractivity contribution in [1.29, 1.82) is 0 Å². The predicted octanol–water partition coefficient (Wildman–Crippen LogP) is 5.93. The first kappa shape index (κ1) is 26.7. The normalized spacial score (nSPS) is 12.5. The molecule has 0 aliphatic rings. The van der Waals surface area contributed by atoms with E-state index in [1.807, 2.05) is 53.2 Å². The van der Waals surface area contributed by atoms with Crippen LogP contribution in [0.15, 0.2) is 36.0 Å². The van der Waals surface area contributed by atoms with E-state index in [0.29, 0.717) is 34.2 Å². The van der Waals surface area contributed by atoms with Crippen LogP contribution in [-0.2, 0) is 16.1 Å². The lowest BCUT2D eigenvalue weighted by Crippen LogP contribution is -2.28. The molecule has 3 aromatic heterocycles. The summed E-state index contributed by atoms with van der Waals surface area (Å²) in [5.41, 5.74) is 4.48. The number of hydrogen-bond acceptors (Lipinski definition) is 8. The van der Waals surface area contributed by atoms with Crippen molar-refractivity contribution in [3.63, 3.8) is 0 Å². The molecule has 0 spiro atoms. The van der Waals surface area contributed by atoms with Crippen LogP contribution in [-0.4, -0.2) is 52.4 Å². The van der Waals surface area contributed by atoms with Crippen molar-refractivity contribution in [2.24, 2.45) is 0 Å². The molecule has 0 unspecified atom stereocenters. The number of carboxylic acid groups (broad SMARTS) is 1. The van der Waals surface area contributed by atoms with Crippen LogP contribution in [0, 0.1) is 0 Å². The third kappa shape index (κ3) is 5.22. The number of benzene rings is 1. The summed E-state index contributed by atoms with van der Waals surface area (Å²) in [5.74, 6) is 0.130. The number of pyridine rings is 1. The highest BCUT2D eigenvalue weighted by molar-refractivity contribution is 7.09. The number of hydrogen-bond donors (Lipinski definition) is 4. The molecule has 4 aromatic rings. The average Bonchev–Trinajstić information content (AvgIpc) is 3.47. The van der Waals surface area contributed by atoms with Gasteiger partial charge in [0, 0.05) is 48.4 Å². The molecule has 1 aromatic carbocycles. The van der Waals surface area contributed by atoms with E-state index in [1.165, 1.54) is 0 Å². The molecular weight excluding hydrogens is 512 g/mol. The second kappa shape index (κ2) is 10.6. The lowest BCUT2D eigenvalue weighted by atomic mass is 9.93. The summed E-state index contributed by atoms with van der Waals surface area (Å²) in [6.07, 6.45) is 0.553. The van der Waals surface area contributed by atoms with Crippen molar-refractivity contribution in [2.75, 3.05) is 37.1 Å². The van der Waals surface area contributed by atoms with Crippen molar-refractivity contribution in [1.82, 2.24) is 14.5 Å². The molecule has 37 heavy (non-hydrogen) atoms. The zero-order chi connectivity index (χ0) is 26.9. The first-order valence-corrected chi connectivity index (χ1v) is 13.0. The molecule has 0 saturated heterocycles. The van der Waals surface area contributed by atoms with Gasteiger partial charge in [0.2, 0.25) is 0 Å². The minimum Gasteiger partial charge on any atom is -0.479 e. The fourth-order valence-corrected chi connectivity index (χ4v) is 5.17. The first-order chi connectivity index (χ1) is 17.6. The van der Waals surface area contributed by atoms with Gasteiger partial charge in [0.1, 0.15) is 17.3 Å². The Hall–Kier alpha value is -3.34. The standard InChI is InChI=1S/C26H31ClN6O3S/c1-26(2,3)36-21(25(34)35)19-17(14-7-9-15(27)10-8-14)18-20(28-4)24(30-6)33(12-16-11-31-13-37-16)23(18)32-22(19)29-5/h7-11,13,21,28,30H,12H2,1-6H3,(H,29,32)(H,34,35)/t21-/m0/s1. The molecule has 0 fully saturated rings. The third-order valence-corrected chi connectivity index (χ3v) is 6.86. The van der Waals surface area contributed by atoms with Gasteiger partial charge in [-0.2, -0.15) is 0 Å². The maximum Gasteiger partial charge on any atom is 0.337 e. The number of rotatable bonds is 9. The van der Waals surface area contributed by atoms with Gasteiger partial charge in [-0.3, -0.25) is 4.98 Å². The van der Waals surface area contributed by atoms with E-state index in [1.54, 1.807) is 36.0 Å². The van der Waals surface area contributed by atoms with E-state index in [9.17, 15) is 9.90 Å². The van der Waals surface area contributed by atoms with Crippen LogP contribution < -0.4 is 16.0 Å². The molecule has 0 amide bonds. The van der Waals surface area contributed by atoms with E-state index < -0.39 is 17.7 Å². The smallest absolute Gasteiger partial charge is 0.337 e. The van der Waals surface area contributed by atoms with Gasteiger partial charge in [0.15, 0.2) is 6.10 Å². The van der Waals surface area contributed by atoms with Crippen LogP contribution >= 0.6 is 22.9 Å². The highest BCUT2D eigenvalue weighted by Gasteiger charge is 2.35. The van der Waals surface area contributed by atoms with Gasteiger partial charge in [-0.05, 0) is 38.5 Å². The Morgan fingerprint density at radius 1 is 1.16 bits per heavy atom. The molecule has 0 aliphatic heterocycles. The minimum absolute atomic E-state index is 0.419. The summed E-state index contributed by atoms with van der Waals surface area (Å²) in [5, 5.41) is 21.5. The molecule has 0 saturated carbocycles. The number of fused-ring (bicyclic) bond motifs is 1. The molecular formula is C26H31ClN6O3S. The van der Waals surface area contributed by atoms with Crippen molar-refractivity contribution < 1.29 is 14.6 Å². The quantitative estimate of drug-likeness (QED) is 0.206. The molecule has 196 valence electrons. The number of aliphatic carboxylic acids is 1. The summed E-state index contributed by atoms with van der Waals surface area (Å²) in [4.78, 5) is 22.9. The molecule has 0 radical (unpaired) electrons. The summed E-state index contributed by atoms with van der Waals surface area (Å²) in [6, 6.07) is 7.35. The highest BCUT2D eigenvalue weighted by atomic mass is 35.5. The maximum atomic E-state index is 12.7. The van der Waals surface area contributed by atoms with Crippen LogP contribution in [0.3, 0.4) is 0 Å². The Morgan fingerprint density at radius 3 is 2.38 bits per heavy atom. The lowest BCUT2D eigenvalue weighted by Gasteiger charge is -2.28. The zero-order valence-electron chi connectivity index (χ0n) is 21.6. The number of thiazole rings is 1. The molecule has 9 nitrogen and oxygen atoms in total. The zero-order valence-corrected chi connectivity index (χ0v) is 23.2. The largest absolute Gasteiger partial charge is 0.479 e. The lowest BCUT2D eigenvalue weighted by molar-refractivity contribution is -0.160. The first-order valence-electron chi connectivity index (χ1n) is 11.8. The second-order valence-corrected chi connectivity index (χ2v) is 10.8. The fraction of sp³-hybridized carbons (Fsp3) is 0.346. The van der Waals surface area contributed by atoms with Crippen molar-refractivity contribution >= 4 is 57.3 Å². The van der Waals surface area contributed by atoms with Crippen molar-refractivity contribution in [2.45, 2.75) is 39.0 Å².